The maximum Gasteiger partial charge on any atom is 0.387 e. The highest BCUT2D eigenvalue weighted by molar-refractivity contribution is 9.10. The Morgan fingerprint density at radius 2 is 1.76 bits per heavy atom. The van der Waals surface area contributed by atoms with Crippen molar-refractivity contribution in [3.8, 4) is 11.8 Å². The Morgan fingerprint density at radius 3 is 2.38 bits per heavy atom. The van der Waals surface area contributed by atoms with Gasteiger partial charge in [-0.15, -0.1) is 0 Å². The van der Waals surface area contributed by atoms with Gasteiger partial charge in [-0.25, -0.2) is 0 Å². The van der Waals surface area contributed by atoms with E-state index in [9.17, 15) is 14.0 Å². The second-order valence-corrected chi connectivity index (χ2v) is 5.05. The summed E-state index contributed by atoms with van der Waals surface area (Å²) in [7, 11) is 0. The summed E-state index contributed by atoms with van der Waals surface area (Å²) in [6.07, 6.45) is 0. The average Bonchev–Trinajstić information content (AvgIpc) is 2.47. The quantitative estimate of drug-likeness (QED) is 0.846. The van der Waals surface area contributed by atoms with Crippen LogP contribution in [0.15, 0.2) is 53.0 Å². The van der Waals surface area contributed by atoms with Gasteiger partial charge in [-0.05, 0) is 30.3 Å². The van der Waals surface area contributed by atoms with E-state index in [4.69, 9.17) is 0 Å². The maximum absolute atomic E-state index is 12.4. The van der Waals surface area contributed by atoms with Crippen LogP contribution < -0.4 is 10.1 Å². The lowest BCUT2D eigenvalue weighted by molar-refractivity contribution is -0.0504. The molecule has 0 amide bonds. The van der Waals surface area contributed by atoms with Gasteiger partial charge in [0.25, 0.3) is 0 Å². The van der Waals surface area contributed by atoms with E-state index in [2.05, 4.69) is 26.0 Å². The predicted octanol–water partition coefficient (Wildman–Crippen LogP) is 4.73. The van der Waals surface area contributed by atoms with Gasteiger partial charge in [-0.1, -0.05) is 34.1 Å². The van der Waals surface area contributed by atoms with Crippen molar-refractivity contribution in [2.24, 2.45) is 0 Å². The van der Waals surface area contributed by atoms with Gasteiger partial charge in [0.05, 0.1) is 6.07 Å². The molecule has 1 atom stereocenters. The van der Waals surface area contributed by atoms with Gasteiger partial charge in [0.1, 0.15) is 11.8 Å². The largest absolute Gasteiger partial charge is 0.434 e. The molecule has 0 saturated carbocycles. The van der Waals surface area contributed by atoms with Gasteiger partial charge >= 0.3 is 6.61 Å². The molecule has 2 rings (SSSR count). The molecule has 6 heteroatoms. The molecule has 0 fully saturated rings. The molecule has 2 aromatic rings. The van der Waals surface area contributed by atoms with Gasteiger partial charge < -0.3 is 10.1 Å². The van der Waals surface area contributed by atoms with Crippen molar-refractivity contribution in [3.05, 3.63) is 58.6 Å². The summed E-state index contributed by atoms with van der Waals surface area (Å²) >= 11 is 3.32. The van der Waals surface area contributed by atoms with Crippen molar-refractivity contribution in [1.29, 1.82) is 5.26 Å². The summed E-state index contributed by atoms with van der Waals surface area (Å²) < 4.78 is 30.2. The molecule has 0 spiro atoms. The Bertz CT molecular complexity index is 641. The Morgan fingerprint density at radius 1 is 1.10 bits per heavy atom. The Kier molecular flexibility index (Phi) is 5.12. The summed E-state index contributed by atoms with van der Waals surface area (Å²) in [6, 6.07) is 14.7. The van der Waals surface area contributed by atoms with E-state index < -0.39 is 12.7 Å². The van der Waals surface area contributed by atoms with E-state index in [1.807, 2.05) is 18.2 Å². The molecule has 3 nitrogen and oxygen atoms in total. The lowest BCUT2D eigenvalue weighted by Crippen LogP contribution is -2.12. The van der Waals surface area contributed by atoms with Crippen molar-refractivity contribution < 1.29 is 13.5 Å². The molecule has 0 aliphatic heterocycles. The number of alkyl halides is 2. The highest BCUT2D eigenvalue weighted by atomic mass is 79.9. The first-order chi connectivity index (χ1) is 10.1. The fourth-order valence-electron chi connectivity index (χ4n) is 1.81. The number of benzene rings is 2. The molecule has 0 bridgehead atoms. The molecule has 1 unspecified atom stereocenters. The Hall–Kier alpha value is -2.13. The third kappa shape index (κ3) is 4.17. The van der Waals surface area contributed by atoms with Crippen LogP contribution in [0.1, 0.15) is 11.6 Å². The van der Waals surface area contributed by atoms with Crippen LogP contribution in [0.25, 0.3) is 0 Å². The van der Waals surface area contributed by atoms with Crippen molar-refractivity contribution >= 4 is 21.6 Å². The number of anilines is 1. The fourth-order valence-corrected chi connectivity index (χ4v) is 2.08. The molecular formula is C15H11BrF2N2O. The zero-order valence-corrected chi connectivity index (χ0v) is 12.3. The molecular weight excluding hydrogens is 342 g/mol. The molecule has 21 heavy (non-hydrogen) atoms. The average molecular weight is 353 g/mol. The second kappa shape index (κ2) is 7.04. The van der Waals surface area contributed by atoms with Crippen molar-refractivity contribution in [3.63, 3.8) is 0 Å². The van der Waals surface area contributed by atoms with Crippen LogP contribution in [-0.2, 0) is 0 Å². The van der Waals surface area contributed by atoms with Crippen LogP contribution in [0, 0.1) is 11.3 Å². The lowest BCUT2D eigenvalue weighted by Gasteiger charge is -2.17. The number of nitrogens with one attached hydrogen (secondary N) is 1. The molecule has 0 saturated heterocycles. The van der Waals surface area contributed by atoms with Crippen molar-refractivity contribution in [2.75, 3.05) is 5.32 Å². The fraction of sp³-hybridized carbons (Fsp3) is 0.133. The second-order valence-electron chi connectivity index (χ2n) is 4.13. The van der Waals surface area contributed by atoms with Crippen LogP contribution in [0.4, 0.5) is 14.5 Å². The number of nitriles is 1. The minimum Gasteiger partial charge on any atom is -0.434 e. The molecule has 0 heterocycles. The molecule has 0 aliphatic carbocycles. The molecule has 0 aromatic heterocycles. The van der Waals surface area contributed by atoms with E-state index in [1.54, 1.807) is 30.3 Å². The van der Waals surface area contributed by atoms with Crippen LogP contribution in [0.5, 0.6) is 5.75 Å². The lowest BCUT2D eigenvalue weighted by atomic mass is 10.1. The van der Waals surface area contributed by atoms with E-state index in [1.165, 1.54) is 6.07 Å². The summed E-state index contributed by atoms with van der Waals surface area (Å²) in [6.45, 7) is -2.93. The van der Waals surface area contributed by atoms with E-state index in [-0.39, 0.29) is 5.75 Å². The van der Waals surface area contributed by atoms with Gasteiger partial charge in [0.2, 0.25) is 0 Å². The number of ether oxygens (including phenoxy) is 1. The van der Waals surface area contributed by atoms with Gasteiger partial charge in [0.15, 0.2) is 0 Å². The van der Waals surface area contributed by atoms with Crippen LogP contribution in [0.3, 0.4) is 0 Å². The van der Waals surface area contributed by atoms with E-state index in [0.717, 1.165) is 4.47 Å². The first kappa shape index (κ1) is 15.3. The summed E-state index contributed by atoms with van der Waals surface area (Å²) in [4.78, 5) is 0. The number of hydrogen-bond donors (Lipinski definition) is 1. The molecule has 108 valence electrons. The highest BCUT2D eigenvalue weighted by Crippen LogP contribution is 2.29. The van der Waals surface area contributed by atoms with Crippen LogP contribution in [0.2, 0.25) is 0 Å². The van der Waals surface area contributed by atoms with E-state index in [0.29, 0.717) is 11.3 Å². The van der Waals surface area contributed by atoms with E-state index >= 15 is 0 Å². The summed E-state index contributed by atoms with van der Waals surface area (Å²) in [5, 5.41) is 12.3. The zero-order valence-electron chi connectivity index (χ0n) is 10.8. The molecule has 2 aromatic carbocycles. The number of rotatable bonds is 5. The first-order valence-electron chi connectivity index (χ1n) is 6.05. The summed E-state index contributed by atoms with van der Waals surface area (Å²) in [5.41, 5.74) is 1.07. The smallest absolute Gasteiger partial charge is 0.387 e. The highest BCUT2D eigenvalue weighted by Gasteiger charge is 2.17. The van der Waals surface area contributed by atoms with Crippen LogP contribution in [-0.4, -0.2) is 6.61 Å². The van der Waals surface area contributed by atoms with Gasteiger partial charge in [-0.3, -0.25) is 0 Å². The maximum atomic E-state index is 12.4. The van der Waals surface area contributed by atoms with Crippen LogP contribution >= 0.6 is 15.9 Å². The number of para-hydroxylation sites is 1. The normalized spacial score (nSPS) is 11.8. The standard InChI is InChI=1S/C15H11BrF2N2O/c16-10-5-7-11(8-6-10)20-13(9-19)12-3-1-2-4-14(12)21-15(17)18/h1-8,13,15,20H. The van der Waals surface area contributed by atoms with Crippen molar-refractivity contribution in [2.45, 2.75) is 12.7 Å². The summed E-state index contributed by atoms with van der Waals surface area (Å²) in [5.74, 6) is -0.0105. The Balaban J connectivity index is 2.25. The minimum absolute atomic E-state index is 0.0105. The third-order valence-corrected chi connectivity index (χ3v) is 3.26. The number of nitrogens with zero attached hydrogens (tertiary/aromatic N) is 1. The van der Waals surface area contributed by atoms with Gasteiger partial charge in [-0.2, -0.15) is 14.0 Å². The predicted molar refractivity (Wildman–Crippen MR) is 79.2 cm³/mol. The minimum atomic E-state index is -2.93. The van der Waals surface area contributed by atoms with Crippen molar-refractivity contribution in [1.82, 2.24) is 0 Å². The monoisotopic (exact) mass is 352 g/mol. The zero-order chi connectivity index (χ0) is 15.2. The number of halogens is 3. The topological polar surface area (TPSA) is 45.0 Å². The van der Waals surface area contributed by atoms with Gasteiger partial charge in [0, 0.05) is 15.7 Å². The SMILES string of the molecule is N#CC(Nc1ccc(Br)cc1)c1ccccc1OC(F)F. The molecule has 1 N–H and O–H groups in total. The third-order valence-electron chi connectivity index (χ3n) is 2.73. The first-order valence-corrected chi connectivity index (χ1v) is 6.85. The Labute approximate surface area is 129 Å². The molecule has 0 radical (unpaired) electrons. The molecule has 0 aliphatic rings. The number of hydrogen-bond acceptors (Lipinski definition) is 3.